The Morgan fingerprint density at radius 3 is 2.47 bits per heavy atom. The minimum atomic E-state index is -0.442. The van der Waals surface area contributed by atoms with Crippen molar-refractivity contribution in [2.75, 3.05) is 21.2 Å². The average molecular weight is 274 g/mol. The van der Waals surface area contributed by atoms with Gasteiger partial charge >= 0.3 is 5.97 Å². The van der Waals surface area contributed by atoms with E-state index in [1.165, 1.54) is 7.11 Å². The van der Waals surface area contributed by atoms with Crippen molar-refractivity contribution in [1.29, 1.82) is 0 Å². The summed E-state index contributed by atoms with van der Waals surface area (Å²) in [5.74, 6) is -0.442. The van der Waals surface area contributed by atoms with E-state index in [4.69, 9.17) is 27.9 Å². The Balaban J connectivity index is 3.27. The molecular weight excluding hydrogens is 261 g/mol. The highest BCUT2D eigenvalue weighted by molar-refractivity contribution is 6.37. The van der Waals surface area contributed by atoms with Gasteiger partial charge in [-0.15, -0.1) is 0 Å². The van der Waals surface area contributed by atoms with Crippen LogP contribution in [0.15, 0.2) is 24.4 Å². The molecule has 5 heteroatoms. The van der Waals surface area contributed by atoms with Crippen molar-refractivity contribution >= 4 is 34.7 Å². The number of methoxy groups -OCH3 is 1. The SMILES string of the molecule is COC(=O)C(=CN(C)C)c1ccc(Cl)cc1Cl. The molecule has 1 aromatic carbocycles. The normalized spacial score (nSPS) is 11.2. The molecule has 0 N–H and O–H groups in total. The predicted octanol–water partition coefficient (Wildman–Crippen LogP) is 3.07. The van der Waals surface area contributed by atoms with Gasteiger partial charge < -0.3 is 9.64 Å². The second kappa shape index (κ2) is 5.94. The number of benzene rings is 1. The number of ether oxygens (including phenoxy) is 1. The maximum Gasteiger partial charge on any atom is 0.340 e. The maximum absolute atomic E-state index is 11.7. The lowest BCUT2D eigenvalue weighted by atomic mass is 10.1. The van der Waals surface area contributed by atoms with Gasteiger partial charge in [-0.25, -0.2) is 4.79 Å². The second-order valence-electron chi connectivity index (χ2n) is 3.62. The molecule has 0 unspecified atom stereocenters. The van der Waals surface area contributed by atoms with Gasteiger partial charge in [0.15, 0.2) is 0 Å². The van der Waals surface area contributed by atoms with E-state index in [1.807, 2.05) is 14.1 Å². The minimum Gasteiger partial charge on any atom is -0.465 e. The Morgan fingerprint density at radius 1 is 1.35 bits per heavy atom. The molecule has 0 amide bonds. The number of rotatable bonds is 3. The van der Waals surface area contributed by atoms with Crippen LogP contribution < -0.4 is 0 Å². The molecule has 1 aromatic rings. The quantitative estimate of drug-likeness (QED) is 0.626. The molecule has 0 saturated heterocycles. The third-order valence-electron chi connectivity index (χ3n) is 2.01. The summed E-state index contributed by atoms with van der Waals surface area (Å²) in [6.07, 6.45) is 1.65. The van der Waals surface area contributed by atoms with Crippen molar-refractivity contribution in [3.63, 3.8) is 0 Å². The van der Waals surface area contributed by atoms with Crippen LogP contribution in [-0.4, -0.2) is 32.1 Å². The van der Waals surface area contributed by atoms with E-state index in [0.29, 0.717) is 21.2 Å². The smallest absolute Gasteiger partial charge is 0.340 e. The van der Waals surface area contributed by atoms with Gasteiger partial charge in [-0.3, -0.25) is 0 Å². The molecule has 0 aliphatic carbocycles. The molecule has 17 heavy (non-hydrogen) atoms. The molecule has 92 valence electrons. The summed E-state index contributed by atoms with van der Waals surface area (Å²) in [4.78, 5) is 13.4. The molecule has 0 heterocycles. The van der Waals surface area contributed by atoms with Gasteiger partial charge in [-0.2, -0.15) is 0 Å². The van der Waals surface area contributed by atoms with Crippen LogP contribution in [0.5, 0.6) is 0 Å². The van der Waals surface area contributed by atoms with Gasteiger partial charge in [0.2, 0.25) is 0 Å². The van der Waals surface area contributed by atoms with Crippen molar-refractivity contribution in [3.05, 3.63) is 40.0 Å². The first-order chi connectivity index (χ1) is 7.95. The molecule has 0 aliphatic heterocycles. The molecule has 0 aromatic heterocycles. The van der Waals surface area contributed by atoms with Gasteiger partial charge in [0.05, 0.1) is 17.7 Å². The lowest BCUT2D eigenvalue weighted by molar-refractivity contribution is -0.133. The molecule has 0 fully saturated rings. The van der Waals surface area contributed by atoms with Crippen molar-refractivity contribution < 1.29 is 9.53 Å². The lowest BCUT2D eigenvalue weighted by Gasteiger charge is -2.12. The molecule has 0 saturated carbocycles. The average Bonchev–Trinajstić information content (AvgIpc) is 2.25. The summed E-state index contributed by atoms with van der Waals surface area (Å²) in [6, 6.07) is 4.96. The topological polar surface area (TPSA) is 29.5 Å². The monoisotopic (exact) mass is 273 g/mol. The van der Waals surface area contributed by atoms with E-state index in [-0.39, 0.29) is 0 Å². The van der Waals surface area contributed by atoms with Crippen LogP contribution in [0, 0.1) is 0 Å². The summed E-state index contributed by atoms with van der Waals surface area (Å²) in [5, 5.41) is 0.934. The largest absolute Gasteiger partial charge is 0.465 e. The van der Waals surface area contributed by atoms with E-state index in [1.54, 1.807) is 29.3 Å². The number of esters is 1. The Labute approximate surface area is 111 Å². The van der Waals surface area contributed by atoms with E-state index in [9.17, 15) is 4.79 Å². The van der Waals surface area contributed by atoms with Gasteiger partial charge in [0.1, 0.15) is 0 Å². The maximum atomic E-state index is 11.7. The van der Waals surface area contributed by atoms with Crippen LogP contribution in [0.2, 0.25) is 10.0 Å². The van der Waals surface area contributed by atoms with Crippen LogP contribution in [-0.2, 0) is 9.53 Å². The molecule has 0 atom stereocenters. The molecule has 0 radical (unpaired) electrons. The summed E-state index contributed by atoms with van der Waals surface area (Å²) >= 11 is 11.9. The summed E-state index contributed by atoms with van der Waals surface area (Å²) in [5.41, 5.74) is 0.982. The summed E-state index contributed by atoms with van der Waals surface area (Å²) in [6.45, 7) is 0. The van der Waals surface area contributed by atoms with Crippen LogP contribution in [0.25, 0.3) is 5.57 Å². The third kappa shape index (κ3) is 3.65. The van der Waals surface area contributed by atoms with Gasteiger partial charge in [0, 0.05) is 30.9 Å². The number of hydrogen-bond acceptors (Lipinski definition) is 3. The Bertz CT molecular complexity index is 456. The van der Waals surface area contributed by atoms with Crippen LogP contribution in [0.1, 0.15) is 5.56 Å². The van der Waals surface area contributed by atoms with Crippen LogP contribution in [0.4, 0.5) is 0 Å². The highest BCUT2D eigenvalue weighted by Crippen LogP contribution is 2.27. The van der Waals surface area contributed by atoms with E-state index < -0.39 is 5.97 Å². The predicted molar refractivity (Wildman–Crippen MR) is 70.1 cm³/mol. The fraction of sp³-hybridized carbons (Fsp3) is 0.250. The van der Waals surface area contributed by atoms with Gasteiger partial charge in [-0.05, 0) is 12.1 Å². The number of hydrogen-bond donors (Lipinski definition) is 0. The number of carbonyl (C=O) groups excluding carboxylic acids is 1. The zero-order valence-electron chi connectivity index (χ0n) is 9.83. The highest BCUT2D eigenvalue weighted by atomic mass is 35.5. The Morgan fingerprint density at radius 2 is 2.00 bits per heavy atom. The number of carbonyl (C=O) groups is 1. The zero-order valence-corrected chi connectivity index (χ0v) is 11.3. The first-order valence-corrected chi connectivity index (χ1v) is 5.63. The lowest BCUT2D eigenvalue weighted by Crippen LogP contribution is -2.10. The minimum absolute atomic E-state index is 0.388. The standard InChI is InChI=1S/C12H13Cl2NO2/c1-15(2)7-10(12(16)17-3)9-5-4-8(13)6-11(9)14/h4-7H,1-3H3. The molecule has 1 rings (SSSR count). The van der Waals surface area contributed by atoms with E-state index in [2.05, 4.69) is 0 Å². The summed E-state index contributed by atoms with van der Waals surface area (Å²) in [7, 11) is 4.95. The second-order valence-corrected chi connectivity index (χ2v) is 4.47. The van der Waals surface area contributed by atoms with E-state index in [0.717, 1.165) is 0 Å². The molecule has 0 bridgehead atoms. The number of nitrogens with zero attached hydrogens (tertiary/aromatic N) is 1. The molecule has 0 aliphatic rings. The third-order valence-corrected chi connectivity index (χ3v) is 2.56. The van der Waals surface area contributed by atoms with Crippen molar-refractivity contribution in [2.24, 2.45) is 0 Å². The molecule has 0 spiro atoms. The molecular formula is C12H13Cl2NO2. The van der Waals surface area contributed by atoms with Gasteiger partial charge in [0.25, 0.3) is 0 Å². The first kappa shape index (κ1) is 13.9. The fourth-order valence-electron chi connectivity index (χ4n) is 1.31. The van der Waals surface area contributed by atoms with Crippen molar-refractivity contribution in [2.45, 2.75) is 0 Å². The fourth-order valence-corrected chi connectivity index (χ4v) is 1.82. The van der Waals surface area contributed by atoms with Gasteiger partial charge in [-0.1, -0.05) is 29.3 Å². The van der Waals surface area contributed by atoms with Crippen molar-refractivity contribution in [1.82, 2.24) is 4.90 Å². The van der Waals surface area contributed by atoms with Crippen LogP contribution in [0.3, 0.4) is 0 Å². The van der Waals surface area contributed by atoms with Crippen LogP contribution >= 0.6 is 23.2 Å². The van der Waals surface area contributed by atoms with Crippen molar-refractivity contribution in [3.8, 4) is 0 Å². The number of halogens is 2. The highest BCUT2D eigenvalue weighted by Gasteiger charge is 2.16. The molecule has 3 nitrogen and oxygen atoms in total. The first-order valence-electron chi connectivity index (χ1n) is 4.87. The Hall–Kier alpha value is -1.19. The summed E-state index contributed by atoms with van der Waals surface area (Å²) < 4.78 is 4.73. The zero-order chi connectivity index (χ0) is 13.0. The Kier molecular flexibility index (Phi) is 4.85. The van der Waals surface area contributed by atoms with E-state index >= 15 is 0 Å².